The molecule has 0 heterocycles. The predicted molar refractivity (Wildman–Crippen MR) is 92.6 cm³/mol. The minimum Gasteiger partial charge on any atom is -0.367 e. The van der Waals surface area contributed by atoms with E-state index in [0.717, 1.165) is 17.9 Å². The summed E-state index contributed by atoms with van der Waals surface area (Å²) in [7, 11) is -1.16. The van der Waals surface area contributed by atoms with Gasteiger partial charge in [0, 0.05) is 20.6 Å². The van der Waals surface area contributed by atoms with E-state index in [1.807, 2.05) is 50.3 Å². The van der Waals surface area contributed by atoms with E-state index in [1.165, 1.54) is 0 Å². The molecule has 2 atom stereocenters. The molecule has 0 bridgehead atoms. The van der Waals surface area contributed by atoms with E-state index in [0.29, 0.717) is 6.61 Å². The van der Waals surface area contributed by atoms with E-state index in [1.54, 1.807) is 0 Å². The Labute approximate surface area is 130 Å². The number of ether oxygens (including phenoxy) is 1. The average molecular weight is 305 g/mol. The number of allylic oxidation sites excluding steroid dienone is 1. The van der Waals surface area contributed by atoms with Crippen LogP contribution in [0.1, 0.15) is 25.3 Å². The van der Waals surface area contributed by atoms with Crippen molar-refractivity contribution in [2.75, 3.05) is 6.61 Å². The SMILES string of the molecule is C/C=C/[C@@H](c1ccccc1)[C@@](C)(C=O)OCC[Si](C)(C)C. The summed E-state index contributed by atoms with van der Waals surface area (Å²) in [5.41, 5.74) is 0.297. The summed E-state index contributed by atoms with van der Waals surface area (Å²) in [6.07, 6.45) is 4.99. The normalized spacial score (nSPS) is 16.6. The van der Waals surface area contributed by atoms with E-state index in [4.69, 9.17) is 4.74 Å². The second-order valence-corrected chi connectivity index (χ2v) is 12.5. The lowest BCUT2D eigenvalue weighted by atomic mass is 9.83. The van der Waals surface area contributed by atoms with Gasteiger partial charge in [-0.2, -0.15) is 0 Å². The summed E-state index contributed by atoms with van der Waals surface area (Å²) in [6, 6.07) is 11.1. The molecule has 116 valence electrons. The third kappa shape index (κ3) is 5.60. The standard InChI is InChI=1S/C18H28O2Si/c1-6-10-17(16-11-8-7-9-12-16)18(2,15-19)20-13-14-21(3,4)5/h6-12,15,17H,13-14H2,1-5H3/b10-6+/t17-,18+/m0/s1. The Balaban J connectivity index is 2.93. The summed E-state index contributed by atoms with van der Waals surface area (Å²) in [5.74, 6) is -0.0529. The minimum absolute atomic E-state index is 0.0529. The van der Waals surface area contributed by atoms with E-state index >= 15 is 0 Å². The number of rotatable bonds is 8. The Hall–Kier alpha value is -1.19. The highest BCUT2D eigenvalue weighted by Crippen LogP contribution is 2.32. The number of benzene rings is 1. The van der Waals surface area contributed by atoms with Crippen LogP contribution in [-0.2, 0) is 9.53 Å². The second kappa shape index (κ2) is 7.71. The van der Waals surface area contributed by atoms with Crippen molar-refractivity contribution in [2.45, 2.75) is 51.1 Å². The maximum absolute atomic E-state index is 11.7. The molecule has 0 aromatic heterocycles. The van der Waals surface area contributed by atoms with Crippen LogP contribution in [0.5, 0.6) is 0 Å². The molecule has 2 nitrogen and oxygen atoms in total. The van der Waals surface area contributed by atoms with E-state index in [2.05, 4.69) is 25.7 Å². The highest BCUT2D eigenvalue weighted by molar-refractivity contribution is 6.76. The summed E-state index contributed by atoms with van der Waals surface area (Å²) < 4.78 is 6.04. The second-order valence-electron chi connectivity index (χ2n) is 6.87. The van der Waals surface area contributed by atoms with Crippen LogP contribution in [0.15, 0.2) is 42.5 Å². The molecule has 21 heavy (non-hydrogen) atoms. The van der Waals surface area contributed by atoms with Crippen molar-refractivity contribution in [1.82, 2.24) is 0 Å². The lowest BCUT2D eigenvalue weighted by molar-refractivity contribution is -0.130. The molecular weight excluding hydrogens is 276 g/mol. The van der Waals surface area contributed by atoms with Crippen LogP contribution in [0.2, 0.25) is 25.7 Å². The molecule has 1 aromatic carbocycles. The number of hydrogen-bond donors (Lipinski definition) is 0. The molecule has 1 rings (SSSR count). The maximum atomic E-state index is 11.7. The summed E-state index contributed by atoms with van der Waals surface area (Å²) in [4.78, 5) is 11.7. The number of carbonyl (C=O) groups is 1. The quantitative estimate of drug-likeness (QED) is 0.397. The number of aldehydes is 1. The molecular formula is C18H28O2Si. The molecule has 0 fully saturated rings. The Bertz CT molecular complexity index is 462. The Morgan fingerprint density at radius 3 is 2.33 bits per heavy atom. The molecule has 0 saturated carbocycles. The van der Waals surface area contributed by atoms with Crippen LogP contribution in [0.25, 0.3) is 0 Å². The van der Waals surface area contributed by atoms with Gasteiger partial charge in [0.1, 0.15) is 5.60 Å². The van der Waals surface area contributed by atoms with Crippen molar-refractivity contribution in [3.05, 3.63) is 48.0 Å². The van der Waals surface area contributed by atoms with E-state index in [-0.39, 0.29) is 5.92 Å². The van der Waals surface area contributed by atoms with Crippen molar-refractivity contribution in [2.24, 2.45) is 0 Å². The zero-order valence-corrected chi connectivity index (χ0v) is 14.9. The number of hydrogen-bond acceptors (Lipinski definition) is 2. The number of carbonyl (C=O) groups excluding carboxylic acids is 1. The van der Waals surface area contributed by atoms with Gasteiger partial charge >= 0.3 is 0 Å². The van der Waals surface area contributed by atoms with Gasteiger partial charge in [-0.1, -0.05) is 62.1 Å². The molecule has 0 spiro atoms. The van der Waals surface area contributed by atoms with E-state index < -0.39 is 13.7 Å². The molecule has 0 saturated heterocycles. The van der Waals surface area contributed by atoms with Gasteiger partial charge in [0.05, 0.1) is 0 Å². The molecule has 0 aliphatic rings. The van der Waals surface area contributed by atoms with Crippen LogP contribution in [0, 0.1) is 0 Å². The van der Waals surface area contributed by atoms with Gasteiger partial charge in [-0.25, -0.2) is 0 Å². The van der Waals surface area contributed by atoms with Crippen molar-refractivity contribution >= 4 is 14.4 Å². The molecule has 3 heteroatoms. The first kappa shape index (κ1) is 17.9. The van der Waals surface area contributed by atoms with Crippen molar-refractivity contribution in [1.29, 1.82) is 0 Å². The van der Waals surface area contributed by atoms with Gasteiger partial charge in [0.2, 0.25) is 0 Å². The predicted octanol–water partition coefficient (Wildman–Crippen LogP) is 4.66. The molecule has 0 aliphatic carbocycles. The van der Waals surface area contributed by atoms with Crippen LogP contribution < -0.4 is 0 Å². The zero-order chi connectivity index (χ0) is 15.9. The maximum Gasteiger partial charge on any atom is 0.152 e. The van der Waals surface area contributed by atoms with Crippen molar-refractivity contribution < 1.29 is 9.53 Å². The fraction of sp³-hybridized carbons (Fsp3) is 0.500. The van der Waals surface area contributed by atoms with Gasteiger partial charge in [0.15, 0.2) is 6.29 Å². The largest absolute Gasteiger partial charge is 0.367 e. The summed E-state index contributed by atoms with van der Waals surface area (Å²) in [5, 5.41) is 0. The first-order valence-corrected chi connectivity index (χ1v) is 11.3. The lowest BCUT2D eigenvalue weighted by Crippen LogP contribution is -2.38. The van der Waals surface area contributed by atoms with E-state index in [9.17, 15) is 4.79 Å². The third-order valence-electron chi connectivity index (χ3n) is 3.66. The van der Waals surface area contributed by atoms with Gasteiger partial charge in [-0.15, -0.1) is 0 Å². The van der Waals surface area contributed by atoms with Gasteiger partial charge in [-0.05, 0) is 25.5 Å². The molecule has 1 aromatic rings. The van der Waals surface area contributed by atoms with Crippen molar-refractivity contribution in [3.8, 4) is 0 Å². The fourth-order valence-corrected chi connectivity index (χ4v) is 2.97. The molecule has 0 N–H and O–H groups in total. The highest BCUT2D eigenvalue weighted by Gasteiger charge is 2.34. The smallest absolute Gasteiger partial charge is 0.152 e. The topological polar surface area (TPSA) is 26.3 Å². The highest BCUT2D eigenvalue weighted by atomic mass is 28.3. The van der Waals surface area contributed by atoms with Crippen LogP contribution in [-0.4, -0.2) is 26.6 Å². The fourth-order valence-electron chi connectivity index (χ4n) is 2.26. The third-order valence-corrected chi connectivity index (χ3v) is 5.36. The Kier molecular flexibility index (Phi) is 6.56. The van der Waals surface area contributed by atoms with Crippen LogP contribution in [0.4, 0.5) is 0 Å². The first-order valence-electron chi connectivity index (χ1n) is 7.60. The molecule has 0 amide bonds. The minimum atomic E-state index is -1.16. The molecule has 0 radical (unpaired) electrons. The molecule has 0 aliphatic heterocycles. The first-order chi connectivity index (χ1) is 9.82. The van der Waals surface area contributed by atoms with Gasteiger partial charge < -0.3 is 9.53 Å². The molecule has 0 unspecified atom stereocenters. The lowest BCUT2D eigenvalue weighted by Gasteiger charge is -2.32. The summed E-state index contributed by atoms with van der Waals surface area (Å²) in [6.45, 7) is 11.5. The zero-order valence-electron chi connectivity index (χ0n) is 13.9. The van der Waals surface area contributed by atoms with Gasteiger partial charge in [0.25, 0.3) is 0 Å². The van der Waals surface area contributed by atoms with Crippen molar-refractivity contribution in [3.63, 3.8) is 0 Å². The Morgan fingerprint density at radius 1 is 1.24 bits per heavy atom. The van der Waals surface area contributed by atoms with Gasteiger partial charge in [-0.3, -0.25) is 0 Å². The summed E-state index contributed by atoms with van der Waals surface area (Å²) >= 11 is 0. The Morgan fingerprint density at radius 2 is 1.86 bits per heavy atom. The monoisotopic (exact) mass is 304 g/mol. The average Bonchev–Trinajstić information content (AvgIpc) is 2.44. The van der Waals surface area contributed by atoms with Crippen LogP contribution >= 0.6 is 0 Å². The van der Waals surface area contributed by atoms with Crippen LogP contribution in [0.3, 0.4) is 0 Å².